The number of rotatable bonds is 73. The Bertz CT molecular complexity index is 1970. The van der Waals surface area contributed by atoms with Gasteiger partial charge in [-0.3, -0.25) is 37.3 Å². The minimum atomic E-state index is -4.96. The van der Waals surface area contributed by atoms with Gasteiger partial charge in [0.15, 0.2) is 12.2 Å². The van der Waals surface area contributed by atoms with Gasteiger partial charge in [0.1, 0.15) is 19.3 Å². The van der Waals surface area contributed by atoms with Crippen molar-refractivity contribution >= 4 is 39.5 Å². The summed E-state index contributed by atoms with van der Waals surface area (Å²) in [5.74, 6) is 0.122. The summed E-state index contributed by atoms with van der Waals surface area (Å²) in [7, 11) is -9.92. The van der Waals surface area contributed by atoms with Crippen LogP contribution in [0.15, 0.2) is 24.3 Å². The van der Waals surface area contributed by atoms with Crippen LogP contribution in [-0.2, 0) is 65.4 Å². The smallest absolute Gasteiger partial charge is 0.462 e. The number of aliphatic hydroxyl groups excluding tert-OH is 1. The van der Waals surface area contributed by atoms with Crippen LogP contribution in [0.1, 0.15) is 370 Å². The number of allylic oxidation sites excluding steroid dienone is 4. The van der Waals surface area contributed by atoms with Crippen LogP contribution < -0.4 is 0 Å². The monoisotopic (exact) mass is 1410 g/mol. The highest BCUT2D eigenvalue weighted by Gasteiger charge is 2.30. The molecule has 0 spiro atoms. The summed E-state index contributed by atoms with van der Waals surface area (Å²) in [6, 6.07) is 0. The maximum Gasteiger partial charge on any atom is 0.472 e. The Balaban J connectivity index is 5.18. The Kier molecular flexibility index (Phi) is 65.3. The predicted molar refractivity (Wildman–Crippen MR) is 390 cm³/mol. The first-order chi connectivity index (χ1) is 46.3. The van der Waals surface area contributed by atoms with Gasteiger partial charge in [0.25, 0.3) is 0 Å². The van der Waals surface area contributed by atoms with E-state index in [-0.39, 0.29) is 25.7 Å². The lowest BCUT2D eigenvalue weighted by Crippen LogP contribution is -2.30. The van der Waals surface area contributed by atoms with Gasteiger partial charge in [-0.1, -0.05) is 317 Å². The molecule has 0 aromatic heterocycles. The Hall–Kier alpha value is -2.46. The highest BCUT2D eigenvalue weighted by atomic mass is 31.2. The van der Waals surface area contributed by atoms with Crippen molar-refractivity contribution in [1.82, 2.24) is 0 Å². The maximum absolute atomic E-state index is 13.1. The van der Waals surface area contributed by atoms with Crippen molar-refractivity contribution in [3.05, 3.63) is 24.3 Å². The molecule has 0 aromatic carbocycles. The number of hydrogen-bond acceptors (Lipinski definition) is 15. The Morgan fingerprint density at radius 1 is 0.344 bits per heavy atom. The number of carbonyl (C=O) groups excluding carboxylic acids is 4. The van der Waals surface area contributed by atoms with Gasteiger partial charge in [0.05, 0.1) is 26.4 Å². The Morgan fingerprint density at radius 3 is 0.927 bits per heavy atom. The first kappa shape index (κ1) is 93.5. The quantitative estimate of drug-likeness (QED) is 0.0169. The van der Waals surface area contributed by atoms with E-state index in [4.69, 9.17) is 37.0 Å². The molecule has 17 nitrogen and oxygen atoms in total. The van der Waals surface area contributed by atoms with Crippen LogP contribution in [0.2, 0.25) is 0 Å². The molecule has 566 valence electrons. The molecule has 0 saturated carbocycles. The van der Waals surface area contributed by atoms with Gasteiger partial charge in [-0.25, -0.2) is 9.13 Å². The van der Waals surface area contributed by atoms with Crippen molar-refractivity contribution in [2.45, 2.75) is 388 Å². The molecular formula is C77H146O17P2. The highest BCUT2D eigenvalue weighted by Crippen LogP contribution is 2.45. The molecule has 0 amide bonds. The van der Waals surface area contributed by atoms with E-state index in [1.165, 1.54) is 154 Å². The fraction of sp³-hybridized carbons (Fsp3) is 0.896. The van der Waals surface area contributed by atoms with Crippen molar-refractivity contribution < 1.29 is 80.2 Å². The van der Waals surface area contributed by atoms with Crippen molar-refractivity contribution in [3.8, 4) is 0 Å². The molecule has 0 bridgehead atoms. The number of esters is 4. The predicted octanol–water partition coefficient (Wildman–Crippen LogP) is 22.1. The van der Waals surface area contributed by atoms with Gasteiger partial charge in [-0.05, 0) is 69.1 Å². The number of unbranched alkanes of at least 4 members (excludes halogenated alkanes) is 36. The third kappa shape index (κ3) is 67.4. The SMILES string of the molecule is CCCCCC/C=C\C=C/CCCCCCCC(=O)O[C@H](COC(=O)CCCCCCCCC(C)CC)COP(=O)(O)OC[C@H](O)COP(=O)(O)OC[C@@H](COC(=O)CCCCCCCCC(C)C)OC(=O)CCCCCCCCCCCCCCCCCCCCC(C)CC. The van der Waals surface area contributed by atoms with Crippen LogP contribution in [-0.4, -0.2) is 96.7 Å². The second-order valence-electron chi connectivity index (χ2n) is 28.0. The van der Waals surface area contributed by atoms with Gasteiger partial charge >= 0.3 is 39.5 Å². The average Bonchev–Trinajstić information content (AvgIpc) is 1.10. The summed E-state index contributed by atoms with van der Waals surface area (Å²) in [5.41, 5.74) is 0. The summed E-state index contributed by atoms with van der Waals surface area (Å²) in [5, 5.41) is 10.6. The maximum atomic E-state index is 13.1. The molecule has 0 aliphatic carbocycles. The molecule has 0 rings (SSSR count). The minimum absolute atomic E-state index is 0.0838. The fourth-order valence-corrected chi connectivity index (χ4v) is 12.8. The lowest BCUT2D eigenvalue weighted by atomic mass is 9.99. The normalized spacial score (nSPS) is 14.8. The van der Waals surface area contributed by atoms with Gasteiger partial charge in [0, 0.05) is 25.7 Å². The molecule has 0 aliphatic heterocycles. The number of ether oxygens (including phenoxy) is 4. The molecule has 19 heteroatoms. The number of carbonyl (C=O) groups is 4. The van der Waals surface area contributed by atoms with Crippen LogP contribution in [0.5, 0.6) is 0 Å². The van der Waals surface area contributed by atoms with E-state index in [2.05, 4.69) is 72.8 Å². The molecule has 0 aliphatic rings. The second-order valence-corrected chi connectivity index (χ2v) is 30.9. The van der Waals surface area contributed by atoms with E-state index in [9.17, 15) is 43.2 Å². The zero-order valence-corrected chi connectivity index (χ0v) is 64.1. The average molecular weight is 1410 g/mol. The number of hydrogen-bond donors (Lipinski definition) is 3. The van der Waals surface area contributed by atoms with Crippen molar-refractivity contribution in [2.24, 2.45) is 17.8 Å². The summed E-state index contributed by atoms with van der Waals surface area (Å²) < 4.78 is 68.4. The number of aliphatic hydroxyl groups is 1. The first-order valence-electron chi connectivity index (χ1n) is 39.2. The van der Waals surface area contributed by atoms with Crippen LogP contribution in [0.25, 0.3) is 0 Å². The Morgan fingerprint density at radius 2 is 0.615 bits per heavy atom. The van der Waals surface area contributed by atoms with E-state index >= 15 is 0 Å². The molecule has 0 saturated heterocycles. The molecular weight excluding hydrogens is 1260 g/mol. The summed E-state index contributed by atoms with van der Waals surface area (Å²) in [4.78, 5) is 72.7. The van der Waals surface area contributed by atoms with Crippen LogP contribution in [0.4, 0.5) is 0 Å². The largest absolute Gasteiger partial charge is 0.472 e. The molecule has 96 heavy (non-hydrogen) atoms. The minimum Gasteiger partial charge on any atom is -0.462 e. The number of phosphoric acid groups is 2. The van der Waals surface area contributed by atoms with E-state index in [1.54, 1.807) is 0 Å². The van der Waals surface area contributed by atoms with Gasteiger partial charge in [0.2, 0.25) is 0 Å². The second kappa shape index (κ2) is 67.1. The third-order valence-corrected chi connectivity index (χ3v) is 19.9. The molecule has 0 aromatic rings. The zero-order chi connectivity index (χ0) is 70.9. The van der Waals surface area contributed by atoms with Crippen LogP contribution in [0.3, 0.4) is 0 Å². The fourth-order valence-electron chi connectivity index (χ4n) is 11.2. The molecule has 0 heterocycles. The molecule has 4 unspecified atom stereocenters. The molecule has 0 radical (unpaired) electrons. The van der Waals surface area contributed by atoms with E-state index < -0.39 is 97.5 Å². The van der Waals surface area contributed by atoms with Gasteiger partial charge in [-0.2, -0.15) is 0 Å². The Labute approximate surface area is 586 Å². The first-order valence-corrected chi connectivity index (χ1v) is 42.2. The molecule has 7 atom stereocenters. The van der Waals surface area contributed by atoms with Crippen molar-refractivity contribution in [2.75, 3.05) is 39.6 Å². The van der Waals surface area contributed by atoms with Gasteiger partial charge in [-0.15, -0.1) is 0 Å². The van der Waals surface area contributed by atoms with Crippen LogP contribution in [0, 0.1) is 17.8 Å². The van der Waals surface area contributed by atoms with E-state index in [0.29, 0.717) is 31.6 Å². The summed E-state index contributed by atoms with van der Waals surface area (Å²) >= 11 is 0. The zero-order valence-electron chi connectivity index (χ0n) is 62.3. The third-order valence-electron chi connectivity index (χ3n) is 18.0. The van der Waals surface area contributed by atoms with Crippen molar-refractivity contribution in [3.63, 3.8) is 0 Å². The summed E-state index contributed by atoms with van der Waals surface area (Å²) in [6.07, 6.45) is 56.6. The summed E-state index contributed by atoms with van der Waals surface area (Å²) in [6.45, 7) is 11.8. The molecule has 0 fully saturated rings. The lowest BCUT2D eigenvalue weighted by Gasteiger charge is -2.21. The van der Waals surface area contributed by atoms with Gasteiger partial charge < -0.3 is 33.8 Å². The highest BCUT2D eigenvalue weighted by molar-refractivity contribution is 7.47. The standard InChI is InChI=1S/C77H146O17P2/c1-8-11-12-13-14-15-16-17-22-26-29-32-35-46-53-60-77(82)94-73(65-88-75(80)59-52-45-40-38-43-50-57-70(7)10-3)67-92-96(85,86)90-63-71(78)62-89-95(83,84)91-66-72(64-87-74(79)58-51-44-39-37-41-48-55-68(4)5)93-76(81)61-54-47-36-33-30-27-24-21-19-18-20-23-25-28-31-34-42-49-56-69(6)9-2/h15-17,22,68-73,78H,8-14,18-21,23-67H2,1-7H3,(H,83,84)(H,85,86)/b16-15-,22-17-/t69?,70?,71-,72-,73-/m1/s1. The van der Waals surface area contributed by atoms with Crippen molar-refractivity contribution in [1.29, 1.82) is 0 Å². The van der Waals surface area contributed by atoms with E-state index in [1.807, 2.05) is 0 Å². The van der Waals surface area contributed by atoms with Crippen LogP contribution >= 0.6 is 15.6 Å². The lowest BCUT2D eigenvalue weighted by molar-refractivity contribution is -0.161. The molecule has 3 N–H and O–H groups in total. The topological polar surface area (TPSA) is 237 Å². The number of phosphoric ester groups is 2. The van der Waals surface area contributed by atoms with E-state index in [0.717, 1.165) is 127 Å².